The molecule has 2 atom stereocenters. The molecule has 0 aromatic rings. The Bertz CT molecular complexity index is 299. The minimum Gasteiger partial charge on any atom is -0.480 e. The number of likely N-dealkylation sites (tertiary alicyclic amines) is 1. The van der Waals surface area contributed by atoms with E-state index in [4.69, 9.17) is 9.84 Å². The van der Waals surface area contributed by atoms with E-state index >= 15 is 0 Å². The highest BCUT2D eigenvalue weighted by atomic mass is 16.5. The summed E-state index contributed by atoms with van der Waals surface area (Å²) in [5.74, 6) is -0.410. The van der Waals surface area contributed by atoms with Crippen LogP contribution in [-0.4, -0.2) is 47.7 Å². The molecular weight excluding hydrogens is 222 g/mol. The summed E-state index contributed by atoms with van der Waals surface area (Å²) < 4.78 is 5.26. The summed E-state index contributed by atoms with van der Waals surface area (Å²) in [6.45, 7) is 2.13. The second-order valence-electron chi connectivity index (χ2n) is 4.85. The molecule has 0 bridgehead atoms. The van der Waals surface area contributed by atoms with Crippen LogP contribution in [0.1, 0.15) is 32.1 Å². The first kappa shape index (κ1) is 12.4. The number of nitrogens with zero attached hydrogens (tertiary/aromatic N) is 1. The molecule has 2 aliphatic heterocycles. The van der Waals surface area contributed by atoms with Gasteiger partial charge in [-0.2, -0.15) is 0 Å². The van der Waals surface area contributed by atoms with Crippen LogP contribution in [0, 0.1) is 5.92 Å². The third kappa shape index (κ3) is 2.97. The number of hydrogen-bond donors (Lipinski definition) is 1. The number of carboxylic acids is 1. The van der Waals surface area contributed by atoms with E-state index in [2.05, 4.69) is 0 Å². The highest BCUT2D eigenvalue weighted by Crippen LogP contribution is 2.22. The predicted octanol–water partition coefficient (Wildman–Crippen LogP) is 0.879. The molecule has 0 aliphatic carbocycles. The summed E-state index contributed by atoms with van der Waals surface area (Å²) in [6, 6.07) is -0.595. The first-order chi connectivity index (χ1) is 8.18. The van der Waals surface area contributed by atoms with E-state index in [-0.39, 0.29) is 5.91 Å². The van der Waals surface area contributed by atoms with Crippen molar-refractivity contribution in [2.24, 2.45) is 5.92 Å². The molecule has 5 heteroatoms. The Morgan fingerprint density at radius 3 is 2.82 bits per heavy atom. The van der Waals surface area contributed by atoms with Crippen molar-refractivity contribution in [3.63, 3.8) is 0 Å². The second kappa shape index (κ2) is 5.49. The Hall–Kier alpha value is -1.10. The standard InChI is InChI=1S/C12H19NO4/c14-11(4-3-9-5-7-17-8-9)13-6-1-2-10(13)12(15)16/h9-10H,1-8H2,(H,15,16)/t9?,10-/m0/s1. The van der Waals surface area contributed by atoms with Crippen molar-refractivity contribution in [3.8, 4) is 0 Å². The molecule has 0 aromatic heterocycles. The summed E-state index contributed by atoms with van der Waals surface area (Å²) in [5, 5.41) is 9.00. The van der Waals surface area contributed by atoms with Crippen molar-refractivity contribution < 1.29 is 19.4 Å². The van der Waals surface area contributed by atoms with E-state index in [1.807, 2.05) is 0 Å². The third-order valence-electron chi connectivity index (χ3n) is 3.65. The van der Waals surface area contributed by atoms with E-state index in [9.17, 15) is 9.59 Å². The number of aliphatic carboxylic acids is 1. The number of ether oxygens (including phenoxy) is 1. The summed E-state index contributed by atoms with van der Waals surface area (Å²) in [5.41, 5.74) is 0. The fourth-order valence-electron chi connectivity index (χ4n) is 2.60. The van der Waals surface area contributed by atoms with Gasteiger partial charge in [-0.1, -0.05) is 0 Å². The first-order valence-corrected chi connectivity index (χ1v) is 6.28. The van der Waals surface area contributed by atoms with E-state index in [1.165, 1.54) is 4.90 Å². The fourth-order valence-corrected chi connectivity index (χ4v) is 2.60. The second-order valence-corrected chi connectivity index (χ2v) is 4.85. The maximum absolute atomic E-state index is 11.9. The van der Waals surface area contributed by atoms with Crippen LogP contribution in [0.25, 0.3) is 0 Å². The summed E-state index contributed by atoms with van der Waals surface area (Å²) in [4.78, 5) is 24.4. The van der Waals surface area contributed by atoms with Crippen LogP contribution < -0.4 is 0 Å². The monoisotopic (exact) mass is 241 g/mol. The molecule has 17 heavy (non-hydrogen) atoms. The van der Waals surface area contributed by atoms with Gasteiger partial charge in [0.25, 0.3) is 0 Å². The Morgan fingerprint density at radius 1 is 1.35 bits per heavy atom. The van der Waals surface area contributed by atoms with Crippen LogP contribution in [0.3, 0.4) is 0 Å². The molecule has 2 aliphatic rings. The van der Waals surface area contributed by atoms with E-state index in [0.717, 1.165) is 32.5 Å². The molecule has 5 nitrogen and oxygen atoms in total. The average Bonchev–Trinajstić information content (AvgIpc) is 2.96. The van der Waals surface area contributed by atoms with Crippen molar-refractivity contribution in [1.82, 2.24) is 4.90 Å². The number of carboxylic acid groups (broad SMARTS) is 1. The summed E-state index contributed by atoms with van der Waals surface area (Å²) in [7, 11) is 0. The van der Waals surface area contributed by atoms with Crippen molar-refractivity contribution >= 4 is 11.9 Å². The molecule has 1 amide bonds. The van der Waals surface area contributed by atoms with Crippen molar-refractivity contribution in [1.29, 1.82) is 0 Å². The Kier molecular flexibility index (Phi) is 3.99. The first-order valence-electron chi connectivity index (χ1n) is 6.28. The largest absolute Gasteiger partial charge is 0.480 e. The number of rotatable bonds is 4. The smallest absolute Gasteiger partial charge is 0.326 e. The molecule has 96 valence electrons. The summed E-state index contributed by atoms with van der Waals surface area (Å²) >= 11 is 0. The number of carbonyl (C=O) groups excluding carboxylic acids is 1. The highest BCUT2D eigenvalue weighted by Gasteiger charge is 2.33. The molecule has 0 spiro atoms. The maximum atomic E-state index is 11.9. The zero-order chi connectivity index (χ0) is 12.3. The lowest BCUT2D eigenvalue weighted by Crippen LogP contribution is -2.40. The molecular formula is C12H19NO4. The Morgan fingerprint density at radius 2 is 2.18 bits per heavy atom. The number of carbonyl (C=O) groups is 2. The van der Waals surface area contributed by atoms with Crippen LogP contribution in [0.2, 0.25) is 0 Å². The normalized spacial score (nSPS) is 28.6. The van der Waals surface area contributed by atoms with Crippen molar-refractivity contribution in [2.75, 3.05) is 19.8 Å². The number of amides is 1. The Balaban J connectivity index is 1.80. The zero-order valence-electron chi connectivity index (χ0n) is 9.93. The third-order valence-corrected chi connectivity index (χ3v) is 3.65. The SMILES string of the molecule is O=C(O)[C@@H]1CCCN1C(=O)CCC1CCOC1. The van der Waals surface area contributed by atoms with Gasteiger partial charge in [-0.25, -0.2) is 4.79 Å². The van der Waals surface area contributed by atoms with Gasteiger partial charge < -0.3 is 14.7 Å². The quantitative estimate of drug-likeness (QED) is 0.793. The van der Waals surface area contributed by atoms with Gasteiger partial charge in [-0.05, 0) is 31.6 Å². The molecule has 0 saturated carbocycles. The van der Waals surface area contributed by atoms with Crippen LogP contribution in [-0.2, 0) is 14.3 Å². The molecule has 0 radical (unpaired) electrons. The van der Waals surface area contributed by atoms with E-state index in [1.54, 1.807) is 0 Å². The van der Waals surface area contributed by atoms with Gasteiger partial charge in [0, 0.05) is 26.2 Å². The molecule has 1 unspecified atom stereocenters. The van der Waals surface area contributed by atoms with Gasteiger partial charge >= 0.3 is 5.97 Å². The zero-order valence-corrected chi connectivity index (χ0v) is 9.93. The lowest BCUT2D eigenvalue weighted by atomic mass is 10.0. The van der Waals surface area contributed by atoms with Gasteiger partial charge in [-0.3, -0.25) is 4.79 Å². The lowest BCUT2D eigenvalue weighted by Gasteiger charge is -2.21. The molecule has 2 heterocycles. The van der Waals surface area contributed by atoms with E-state index in [0.29, 0.717) is 25.3 Å². The van der Waals surface area contributed by atoms with Gasteiger partial charge in [0.1, 0.15) is 6.04 Å². The van der Waals surface area contributed by atoms with Crippen LogP contribution in [0.4, 0.5) is 0 Å². The minimum atomic E-state index is -0.875. The average molecular weight is 241 g/mol. The summed E-state index contributed by atoms with van der Waals surface area (Å²) in [6.07, 6.45) is 3.69. The Labute approximate surface area is 101 Å². The van der Waals surface area contributed by atoms with Gasteiger partial charge in [0.15, 0.2) is 0 Å². The predicted molar refractivity (Wildman–Crippen MR) is 60.5 cm³/mol. The molecule has 0 aromatic carbocycles. The topological polar surface area (TPSA) is 66.8 Å². The highest BCUT2D eigenvalue weighted by molar-refractivity contribution is 5.84. The van der Waals surface area contributed by atoms with Gasteiger partial charge in [-0.15, -0.1) is 0 Å². The molecule has 1 N–H and O–H groups in total. The van der Waals surface area contributed by atoms with Gasteiger partial charge in [0.2, 0.25) is 5.91 Å². The minimum absolute atomic E-state index is 0.0122. The fraction of sp³-hybridized carbons (Fsp3) is 0.833. The number of hydrogen-bond acceptors (Lipinski definition) is 3. The lowest BCUT2D eigenvalue weighted by molar-refractivity contribution is -0.148. The maximum Gasteiger partial charge on any atom is 0.326 e. The molecule has 2 fully saturated rings. The van der Waals surface area contributed by atoms with Crippen molar-refractivity contribution in [2.45, 2.75) is 38.1 Å². The van der Waals surface area contributed by atoms with Crippen molar-refractivity contribution in [3.05, 3.63) is 0 Å². The van der Waals surface area contributed by atoms with Crippen LogP contribution in [0.15, 0.2) is 0 Å². The van der Waals surface area contributed by atoms with Crippen LogP contribution >= 0.6 is 0 Å². The van der Waals surface area contributed by atoms with Gasteiger partial charge in [0.05, 0.1) is 0 Å². The molecule has 2 saturated heterocycles. The van der Waals surface area contributed by atoms with Crippen LogP contribution in [0.5, 0.6) is 0 Å². The molecule has 2 rings (SSSR count). The van der Waals surface area contributed by atoms with E-state index < -0.39 is 12.0 Å².